The number of likely N-dealkylation sites (N-methyl/N-ethyl adjacent to an activating group) is 1. The van der Waals surface area contributed by atoms with Gasteiger partial charge >= 0.3 is 0 Å². The summed E-state index contributed by atoms with van der Waals surface area (Å²) in [5.74, 6) is -0.254. The maximum absolute atomic E-state index is 13.8. The van der Waals surface area contributed by atoms with Crippen molar-refractivity contribution in [3.05, 3.63) is 67.9 Å². The van der Waals surface area contributed by atoms with Crippen molar-refractivity contribution in [1.29, 1.82) is 0 Å². The second-order valence-electron chi connectivity index (χ2n) is 4.48. The Kier molecular flexibility index (Phi) is 5.44. The molecule has 1 nitrogen and oxygen atoms in total. The van der Waals surface area contributed by atoms with Crippen molar-refractivity contribution in [1.82, 2.24) is 5.32 Å². The first-order valence-electron chi connectivity index (χ1n) is 6.07. The van der Waals surface area contributed by atoms with Gasteiger partial charge in [-0.05, 0) is 61.0 Å². The minimum absolute atomic E-state index is 0.0435. The van der Waals surface area contributed by atoms with Crippen molar-refractivity contribution < 1.29 is 4.39 Å². The zero-order valence-corrected chi connectivity index (χ0v) is 13.9. The van der Waals surface area contributed by atoms with E-state index in [1.54, 1.807) is 12.1 Å². The molecule has 2 rings (SSSR count). The molecule has 1 atom stereocenters. The van der Waals surface area contributed by atoms with Gasteiger partial charge in [-0.25, -0.2) is 4.39 Å². The maximum atomic E-state index is 13.8. The highest BCUT2D eigenvalue weighted by atomic mass is 79.9. The number of hydrogen-bond donors (Lipinski definition) is 1. The second kappa shape index (κ2) is 6.90. The number of nitrogens with one attached hydrogen (secondary N) is 1. The molecule has 0 aliphatic heterocycles. The summed E-state index contributed by atoms with van der Waals surface area (Å²) in [5.41, 5.74) is 1.57. The number of halogens is 4. The zero-order chi connectivity index (χ0) is 14.7. The molecule has 0 saturated carbocycles. The Bertz CT molecular complexity index is 599. The molecule has 0 saturated heterocycles. The third-order valence-corrected chi connectivity index (χ3v) is 3.98. The maximum Gasteiger partial charge on any atom is 0.126 e. The standard InChI is InChI=1S/C15H13BrCl2FN/c1-20-15(10-4-11(16)8-13(18)6-10)7-9-5-12(17)2-3-14(9)19/h2-6,8,15,20H,7H2,1H3. The summed E-state index contributed by atoms with van der Waals surface area (Å²) in [6, 6.07) is 10.2. The molecule has 20 heavy (non-hydrogen) atoms. The minimum Gasteiger partial charge on any atom is -0.313 e. The van der Waals surface area contributed by atoms with E-state index in [0.29, 0.717) is 22.0 Å². The molecule has 0 bridgehead atoms. The second-order valence-corrected chi connectivity index (χ2v) is 6.27. The van der Waals surface area contributed by atoms with Gasteiger partial charge in [0, 0.05) is 20.6 Å². The lowest BCUT2D eigenvalue weighted by Gasteiger charge is -2.18. The first-order valence-corrected chi connectivity index (χ1v) is 7.61. The third kappa shape index (κ3) is 3.95. The van der Waals surface area contributed by atoms with Gasteiger partial charge in [-0.2, -0.15) is 0 Å². The normalized spacial score (nSPS) is 12.4. The van der Waals surface area contributed by atoms with E-state index in [2.05, 4.69) is 21.2 Å². The van der Waals surface area contributed by atoms with Crippen LogP contribution in [0.1, 0.15) is 17.2 Å². The Morgan fingerprint density at radius 3 is 2.55 bits per heavy atom. The molecule has 0 aromatic heterocycles. The van der Waals surface area contributed by atoms with Gasteiger partial charge in [-0.1, -0.05) is 39.1 Å². The highest BCUT2D eigenvalue weighted by Crippen LogP contribution is 2.27. The third-order valence-electron chi connectivity index (χ3n) is 3.07. The summed E-state index contributed by atoms with van der Waals surface area (Å²) in [6.07, 6.45) is 0.496. The van der Waals surface area contributed by atoms with Crippen molar-refractivity contribution >= 4 is 39.1 Å². The van der Waals surface area contributed by atoms with Gasteiger partial charge in [-0.3, -0.25) is 0 Å². The van der Waals surface area contributed by atoms with E-state index in [4.69, 9.17) is 23.2 Å². The molecule has 0 amide bonds. The monoisotopic (exact) mass is 375 g/mol. The smallest absolute Gasteiger partial charge is 0.126 e. The minimum atomic E-state index is -0.254. The predicted molar refractivity (Wildman–Crippen MR) is 86.1 cm³/mol. The Morgan fingerprint density at radius 1 is 1.15 bits per heavy atom. The largest absolute Gasteiger partial charge is 0.313 e. The topological polar surface area (TPSA) is 12.0 Å². The molecule has 106 valence electrons. The van der Waals surface area contributed by atoms with Crippen LogP contribution in [0.25, 0.3) is 0 Å². The fourth-order valence-corrected chi connectivity index (χ4v) is 3.16. The van der Waals surface area contributed by atoms with Gasteiger partial charge < -0.3 is 5.32 Å². The lowest BCUT2D eigenvalue weighted by molar-refractivity contribution is 0.554. The fraction of sp³-hybridized carbons (Fsp3) is 0.200. The molecule has 0 fully saturated rings. The van der Waals surface area contributed by atoms with Crippen LogP contribution in [0, 0.1) is 5.82 Å². The highest BCUT2D eigenvalue weighted by molar-refractivity contribution is 9.10. The summed E-state index contributed by atoms with van der Waals surface area (Å²) in [7, 11) is 1.84. The Hall–Kier alpha value is -0.610. The summed E-state index contributed by atoms with van der Waals surface area (Å²) in [4.78, 5) is 0. The van der Waals surface area contributed by atoms with Crippen LogP contribution in [0.2, 0.25) is 10.0 Å². The molecule has 2 aromatic carbocycles. The zero-order valence-electron chi connectivity index (χ0n) is 10.8. The molecule has 0 aliphatic rings. The molecule has 0 spiro atoms. The van der Waals surface area contributed by atoms with Crippen LogP contribution in [-0.4, -0.2) is 7.05 Å². The number of hydrogen-bond acceptors (Lipinski definition) is 1. The first-order chi connectivity index (χ1) is 9.49. The van der Waals surface area contributed by atoms with Crippen LogP contribution >= 0.6 is 39.1 Å². The SMILES string of the molecule is CNC(Cc1cc(Cl)ccc1F)c1cc(Cl)cc(Br)c1. The van der Waals surface area contributed by atoms with E-state index in [-0.39, 0.29) is 11.9 Å². The van der Waals surface area contributed by atoms with Crippen LogP contribution < -0.4 is 5.32 Å². The van der Waals surface area contributed by atoms with E-state index < -0.39 is 0 Å². The van der Waals surface area contributed by atoms with E-state index >= 15 is 0 Å². The van der Waals surface area contributed by atoms with Gasteiger partial charge in [0.15, 0.2) is 0 Å². The summed E-state index contributed by atoms with van der Waals surface area (Å²) >= 11 is 15.4. The van der Waals surface area contributed by atoms with Crippen LogP contribution in [-0.2, 0) is 6.42 Å². The molecule has 5 heteroatoms. The van der Waals surface area contributed by atoms with E-state index in [1.807, 2.05) is 25.2 Å². The lowest BCUT2D eigenvalue weighted by atomic mass is 9.99. The molecule has 0 aliphatic carbocycles. The van der Waals surface area contributed by atoms with Crippen LogP contribution in [0.3, 0.4) is 0 Å². The molecule has 0 radical (unpaired) electrons. The van der Waals surface area contributed by atoms with Crippen molar-refractivity contribution in [3.8, 4) is 0 Å². The molecular weight excluding hydrogens is 364 g/mol. The van der Waals surface area contributed by atoms with Crippen LogP contribution in [0.5, 0.6) is 0 Å². The van der Waals surface area contributed by atoms with Gasteiger partial charge in [0.1, 0.15) is 5.82 Å². The summed E-state index contributed by atoms with van der Waals surface area (Å²) in [6.45, 7) is 0. The molecular formula is C15H13BrCl2FN. The molecule has 1 N–H and O–H groups in total. The Labute approximate surface area is 136 Å². The molecule has 0 heterocycles. The van der Waals surface area contributed by atoms with Crippen LogP contribution in [0.15, 0.2) is 40.9 Å². The number of rotatable bonds is 4. The predicted octanol–water partition coefficient (Wildman–Crippen LogP) is 5.40. The van der Waals surface area contributed by atoms with Crippen molar-refractivity contribution in [2.24, 2.45) is 0 Å². The number of benzene rings is 2. The van der Waals surface area contributed by atoms with Crippen molar-refractivity contribution in [2.45, 2.75) is 12.5 Å². The molecule has 1 unspecified atom stereocenters. The van der Waals surface area contributed by atoms with Crippen molar-refractivity contribution in [3.63, 3.8) is 0 Å². The average Bonchev–Trinajstić information content (AvgIpc) is 2.38. The van der Waals surface area contributed by atoms with Gasteiger partial charge in [-0.15, -0.1) is 0 Å². The summed E-state index contributed by atoms with van der Waals surface area (Å²) in [5, 5.41) is 4.35. The highest BCUT2D eigenvalue weighted by Gasteiger charge is 2.14. The average molecular weight is 377 g/mol. The Balaban J connectivity index is 2.30. The van der Waals surface area contributed by atoms with E-state index in [1.165, 1.54) is 6.07 Å². The van der Waals surface area contributed by atoms with Crippen LogP contribution in [0.4, 0.5) is 4.39 Å². The van der Waals surface area contributed by atoms with Gasteiger partial charge in [0.05, 0.1) is 0 Å². The van der Waals surface area contributed by atoms with Gasteiger partial charge in [0.2, 0.25) is 0 Å². The van der Waals surface area contributed by atoms with Crippen molar-refractivity contribution in [2.75, 3.05) is 7.05 Å². The van der Waals surface area contributed by atoms with E-state index in [0.717, 1.165) is 10.0 Å². The first kappa shape index (κ1) is 15.8. The van der Waals surface area contributed by atoms with E-state index in [9.17, 15) is 4.39 Å². The quantitative estimate of drug-likeness (QED) is 0.753. The fourth-order valence-electron chi connectivity index (χ4n) is 2.08. The van der Waals surface area contributed by atoms with Gasteiger partial charge in [0.25, 0.3) is 0 Å². The Morgan fingerprint density at radius 2 is 1.90 bits per heavy atom. The summed E-state index contributed by atoms with van der Waals surface area (Å²) < 4.78 is 14.7. The molecule has 2 aromatic rings. The lowest BCUT2D eigenvalue weighted by Crippen LogP contribution is -2.19.